The predicted octanol–water partition coefficient (Wildman–Crippen LogP) is 4.43. The molecule has 0 atom stereocenters. The highest BCUT2D eigenvalue weighted by Gasteiger charge is 2.10. The first-order valence-electron chi connectivity index (χ1n) is 7.33. The number of hydrogen-bond acceptors (Lipinski definition) is 3. The van der Waals surface area contributed by atoms with Gasteiger partial charge in [0.05, 0.1) is 17.5 Å². The largest absolute Gasteiger partial charge is 0.295 e. The molecule has 1 aromatic carbocycles. The minimum absolute atomic E-state index is 0.132. The highest BCUT2D eigenvalue weighted by atomic mass is 32.2. The van der Waals surface area contributed by atoms with E-state index in [9.17, 15) is 4.79 Å². The average molecular weight is 310 g/mol. The predicted molar refractivity (Wildman–Crippen MR) is 90.8 cm³/mol. The van der Waals surface area contributed by atoms with Crippen LogP contribution in [0.1, 0.15) is 35.7 Å². The molecular weight excluding hydrogens is 292 g/mol. The molecule has 3 nitrogen and oxygen atoms in total. The van der Waals surface area contributed by atoms with Crippen molar-refractivity contribution < 1.29 is 4.79 Å². The maximum Gasteiger partial charge on any atom is 0.173 e. The van der Waals surface area contributed by atoms with Crippen LogP contribution in [-0.4, -0.2) is 20.9 Å². The van der Waals surface area contributed by atoms with Crippen LogP contribution in [0.3, 0.4) is 0 Å². The maximum atomic E-state index is 12.3. The van der Waals surface area contributed by atoms with E-state index < -0.39 is 0 Å². The van der Waals surface area contributed by atoms with E-state index in [-0.39, 0.29) is 5.78 Å². The summed E-state index contributed by atoms with van der Waals surface area (Å²) in [6, 6.07) is 13.9. The molecule has 0 fully saturated rings. The summed E-state index contributed by atoms with van der Waals surface area (Å²) in [4.78, 5) is 16.7. The summed E-state index contributed by atoms with van der Waals surface area (Å²) in [6.45, 7) is 4.30. The Morgan fingerprint density at radius 1 is 1.18 bits per heavy atom. The van der Waals surface area contributed by atoms with E-state index in [0.717, 1.165) is 16.2 Å². The summed E-state index contributed by atoms with van der Waals surface area (Å²) < 4.78 is 2.00. The van der Waals surface area contributed by atoms with Gasteiger partial charge in [-0.3, -0.25) is 9.20 Å². The van der Waals surface area contributed by atoms with Gasteiger partial charge in [0.1, 0.15) is 0 Å². The van der Waals surface area contributed by atoms with E-state index in [1.54, 1.807) is 0 Å². The smallest absolute Gasteiger partial charge is 0.173 e. The number of rotatable bonds is 5. The van der Waals surface area contributed by atoms with Crippen molar-refractivity contribution in [1.29, 1.82) is 0 Å². The summed E-state index contributed by atoms with van der Waals surface area (Å²) in [5.74, 6) is 1.01. The minimum Gasteiger partial charge on any atom is -0.295 e. The number of benzene rings is 1. The number of Topliss-reactive ketones (excluding diaryl/α,β-unsaturated/α-hetero) is 1. The van der Waals surface area contributed by atoms with Gasteiger partial charge in [-0.15, -0.1) is 0 Å². The van der Waals surface area contributed by atoms with Crippen LogP contribution >= 0.6 is 11.8 Å². The number of nitrogens with zero attached hydrogens (tertiary/aromatic N) is 2. The van der Waals surface area contributed by atoms with Gasteiger partial charge in [-0.05, 0) is 23.6 Å². The molecular formula is C18H18N2OS. The first-order chi connectivity index (χ1) is 10.6. The topological polar surface area (TPSA) is 34.4 Å². The second-order valence-corrected chi connectivity index (χ2v) is 6.47. The number of carbonyl (C=O) groups is 1. The first-order valence-corrected chi connectivity index (χ1v) is 8.32. The van der Waals surface area contributed by atoms with Crippen molar-refractivity contribution in [3.8, 4) is 0 Å². The van der Waals surface area contributed by atoms with E-state index in [2.05, 4.69) is 18.8 Å². The maximum absolute atomic E-state index is 12.3. The number of pyridine rings is 1. The number of ketones is 1. The molecule has 0 saturated heterocycles. The first kappa shape index (κ1) is 14.9. The van der Waals surface area contributed by atoms with Crippen LogP contribution in [0, 0.1) is 0 Å². The lowest BCUT2D eigenvalue weighted by Crippen LogP contribution is -2.03. The van der Waals surface area contributed by atoms with Gasteiger partial charge < -0.3 is 0 Å². The molecule has 0 aliphatic carbocycles. The second-order valence-electron chi connectivity index (χ2n) is 5.52. The number of imidazole rings is 1. The zero-order valence-corrected chi connectivity index (χ0v) is 13.5. The Kier molecular flexibility index (Phi) is 4.29. The zero-order valence-electron chi connectivity index (χ0n) is 12.7. The standard InChI is InChI=1S/C18H18N2OS/c1-13(2)14-6-8-15(9-7-14)17(21)12-22-18-19-11-16-5-3-4-10-20(16)18/h3-11,13H,12H2,1-2H3. The van der Waals surface area contributed by atoms with Gasteiger partial charge in [0.2, 0.25) is 0 Å². The van der Waals surface area contributed by atoms with E-state index in [0.29, 0.717) is 11.7 Å². The number of aromatic nitrogens is 2. The third kappa shape index (κ3) is 3.07. The van der Waals surface area contributed by atoms with Crippen molar-refractivity contribution >= 4 is 23.1 Å². The monoisotopic (exact) mass is 310 g/mol. The molecule has 0 aliphatic heterocycles. The Bertz CT molecular complexity index is 790. The molecule has 22 heavy (non-hydrogen) atoms. The summed E-state index contributed by atoms with van der Waals surface area (Å²) in [6.07, 6.45) is 3.79. The van der Waals surface area contributed by atoms with E-state index in [1.807, 2.05) is 59.3 Å². The molecule has 0 amide bonds. The SMILES string of the molecule is CC(C)c1ccc(C(=O)CSc2ncc3ccccn23)cc1. The van der Waals surface area contributed by atoms with Crippen LogP contribution in [0.4, 0.5) is 0 Å². The van der Waals surface area contributed by atoms with E-state index in [1.165, 1.54) is 17.3 Å². The van der Waals surface area contributed by atoms with Crippen LogP contribution in [0.15, 0.2) is 60.0 Å². The molecule has 0 saturated carbocycles. The second kappa shape index (κ2) is 6.36. The fraction of sp³-hybridized carbons (Fsp3) is 0.222. The molecule has 3 rings (SSSR count). The normalized spacial score (nSPS) is 11.2. The molecule has 112 valence electrons. The van der Waals surface area contributed by atoms with Gasteiger partial charge in [0, 0.05) is 11.8 Å². The fourth-order valence-corrected chi connectivity index (χ4v) is 3.15. The van der Waals surface area contributed by atoms with Crippen molar-refractivity contribution in [2.45, 2.75) is 24.9 Å². The van der Waals surface area contributed by atoms with Gasteiger partial charge in [0.15, 0.2) is 10.9 Å². The van der Waals surface area contributed by atoms with Gasteiger partial charge in [-0.1, -0.05) is 55.9 Å². The summed E-state index contributed by atoms with van der Waals surface area (Å²) in [5, 5.41) is 0.850. The third-order valence-corrected chi connectivity index (χ3v) is 4.60. The lowest BCUT2D eigenvalue weighted by Gasteiger charge is -2.06. The molecule has 0 bridgehead atoms. The molecule has 0 radical (unpaired) electrons. The van der Waals surface area contributed by atoms with Gasteiger partial charge in [-0.2, -0.15) is 0 Å². The molecule has 0 aliphatic rings. The minimum atomic E-state index is 0.132. The van der Waals surface area contributed by atoms with Crippen LogP contribution < -0.4 is 0 Å². The lowest BCUT2D eigenvalue weighted by atomic mass is 10.0. The highest BCUT2D eigenvalue weighted by Crippen LogP contribution is 2.20. The van der Waals surface area contributed by atoms with Crippen LogP contribution in [0.2, 0.25) is 0 Å². The number of thioether (sulfide) groups is 1. The van der Waals surface area contributed by atoms with E-state index >= 15 is 0 Å². The van der Waals surface area contributed by atoms with E-state index in [4.69, 9.17) is 0 Å². The van der Waals surface area contributed by atoms with Gasteiger partial charge in [0.25, 0.3) is 0 Å². The van der Waals surface area contributed by atoms with Crippen LogP contribution in [0.5, 0.6) is 0 Å². The number of fused-ring (bicyclic) bond motifs is 1. The Hall–Kier alpha value is -2.07. The number of hydrogen-bond donors (Lipinski definition) is 0. The van der Waals surface area contributed by atoms with Crippen molar-refractivity contribution in [2.75, 3.05) is 5.75 Å². The highest BCUT2D eigenvalue weighted by molar-refractivity contribution is 7.99. The Balaban J connectivity index is 1.69. The van der Waals surface area contributed by atoms with Crippen molar-refractivity contribution in [2.24, 2.45) is 0 Å². The Labute approximate surface area is 134 Å². The van der Waals surface area contributed by atoms with Crippen molar-refractivity contribution in [1.82, 2.24) is 9.38 Å². The molecule has 0 N–H and O–H groups in total. The van der Waals surface area contributed by atoms with Crippen LogP contribution in [0.25, 0.3) is 5.52 Å². The van der Waals surface area contributed by atoms with Gasteiger partial charge >= 0.3 is 0 Å². The lowest BCUT2D eigenvalue weighted by molar-refractivity contribution is 0.102. The quantitative estimate of drug-likeness (QED) is 0.516. The molecule has 0 unspecified atom stereocenters. The summed E-state index contributed by atoms with van der Waals surface area (Å²) in [7, 11) is 0. The molecule has 2 aromatic heterocycles. The molecule has 2 heterocycles. The zero-order chi connectivity index (χ0) is 15.5. The molecule has 3 aromatic rings. The van der Waals surface area contributed by atoms with Crippen LogP contribution in [-0.2, 0) is 0 Å². The summed E-state index contributed by atoms with van der Waals surface area (Å²) in [5.41, 5.74) is 3.06. The summed E-state index contributed by atoms with van der Waals surface area (Å²) >= 11 is 1.47. The van der Waals surface area contributed by atoms with Gasteiger partial charge in [-0.25, -0.2) is 4.98 Å². The Morgan fingerprint density at radius 3 is 2.68 bits per heavy atom. The number of carbonyl (C=O) groups excluding carboxylic acids is 1. The van der Waals surface area contributed by atoms with Crippen molar-refractivity contribution in [3.05, 3.63) is 66.0 Å². The third-order valence-electron chi connectivity index (χ3n) is 3.64. The Morgan fingerprint density at radius 2 is 1.95 bits per heavy atom. The fourth-order valence-electron chi connectivity index (χ4n) is 2.29. The van der Waals surface area contributed by atoms with Crippen molar-refractivity contribution in [3.63, 3.8) is 0 Å². The molecule has 0 spiro atoms. The molecule has 4 heteroatoms. The average Bonchev–Trinajstić information content (AvgIpc) is 2.96.